The summed E-state index contributed by atoms with van der Waals surface area (Å²) in [6.07, 6.45) is 3.44. The van der Waals surface area contributed by atoms with E-state index in [1.807, 2.05) is 6.07 Å². The summed E-state index contributed by atoms with van der Waals surface area (Å²) in [5.74, 6) is -0.175. The average molecular weight is 272 g/mol. The molecule has 0 aliphatic carbocycles. The van der Waals surface area contributed by atoms with E-state index in [0.29, 0.717) is 16.3 Å². The molecule has 0 saturated carbocycles. The maximum atomic E-state index is 12.1. The molecule has 94 valence electrons. The number of pyridine rings is 1. The largest absolute Gasteiger partial charge is 0.322 e. The van der Waals surface area contributed by atoms with Crippen LogP contribution in [0.15, 0.2) is 54.9 Å². The summed E-state index contributed by atoms with van der Waals surface area (Å²) in [4.78, 5) is 12.1. The Hall–Kier alpha value is -2.33. The summed E-state index contributed by atoms with van der Waals surface area (Å²) in [6, 6.07) is 12.4. The lowest BCUT2D eigenvalue weighted by Crippen LogP contribution is -2.12. The van der Waals surface area contributed by atoms with E-state index in [1.54, 1.807) is 53.3 Å². The van der Waals surface area contributed by atoms with E-state index in [-0.39, 0.29) is 5.91 Å². The van der Waals surface area contributed by atoms with Crippen LogP contribution in [-0.2, 0) is 0 Å². The number of aromatic nitrogens is 2. The molecule has 2 aromatic heterocycles. The van der Waals surface area contributed by atoms with Crippen LogP contribution in [0.3, 0.4) is 0 Å². The van der Waals surface area contributed by atoms with Crippen molar-refractivity contribution < 1.29 is 4.79 Å². The number of nitrogens with one attached hydrogen (secondary N) is 1. The highest BCUT2D eigenvalue weighted by molar-refractivity contribution is 6.30. The second-order valence-corrected chi connectivity index (χ2v) is 4.52. The standard InChI is InChI=1S/C14H10ClN3O/c15-11-2-1-3-12(9-11)17-14(19)10-5-7-18-13(8-10)4-6-16-18/h1-9H,(H,17,19). The fourth-order valence-electron chi connectivity index (χ4n) is 1.83. The maximum Gasteiger partial charge on any atom is 0.255 e. The van der Waals surface area contributed by atoms with Gasteiger partial charge in [0.25, 0.3) is 5.91 Å². The van der Waals surface area contributed by atoms with E-state index >= 15 is 0 Å². The molecule has 1 N–H and O–H groups in total. The quantitative estimate of drug-likeness (QED) is 0.778. The van der Waals surface area contributed by atoms with Crippen LogP contribution in [0, 0.1) is 0 Å². The smallest absolute Gasteiger partial charge is 0.255 e. The molecular formula is C14H10ClN3O. The van der Waals surface area contributed by atoms with Gasteiger partial charge in [-0.3, -0.25) is 4.79 Å². The minimum absolute atomic E-state index is 0.175. The SMILES string of the molecule is O=C(Nc1cccc(Cl)c1)c1ccn2nccc2c1. The average Bonchev–Trinajstić information content (AvgIpc) is 2.85. The van der Waals surface area contributed by atoms with Gasteiger partial charge < -0.3 is 5.32 Å². The van der Waals surface area contributed by atoms with Crippen LogP contribution in [-0.4, -0.2) is 15.5 Å². The number of nitrogens with zero attached hydrogens (tertiary/aromatic N) is 2. The van der Waals surface area contributed by atoms with Crippen LogP contribution in [0.4, 0.5) is 5.69 Å². The number of rotatable bonds is 2. The third-order valence-electron chi connectivity index (χ3n) is 2.74. The predicted octanol–water partition coefficient (Wildman–Crippen LogP) is 3.24. The normalized spacial score (nSPS) is 10.6. The number of carbonyl (C=O) groups is 1. The summed E-state index contributed by atoms with van der Waals surface area (Å²) in [5, 5.41) is 7.47. The molecule has 0 bridgehead atoms. The third kappa shape index (κ3) is 2.44. The van der Waals surface area contributed by atoms with Crippen molar-refractivity contribution in [3.8, 4) is 0 Å². The Bertz CT molecular complexity index is 751. The van der Waals surface area contributed by atoms with Crippen LogP contribution in [0.5, 0.6) is 0 Å². The molecule has 1 aromatic carbocycles. The molecule has 0 spiro atoms. The zero-order valence-electron chi connectivity index (χ0n) is 9.88. The molecule has 0 fully saturated rings. The molecular weight excluding hydrogens is 262 g/mol. The van der Waals surface area contributed by atoms with Gasteiger partial charge in [-0.05, 0) is 36.4 Å². The first-order valence-corrected chi connectivity index (χ1v) is 6.10. The Morgan fingerprint density at radius 3 is 2.95 bits per heavy atom. The van der Waals surface area contributed by atoms with E-state index < -0.39 is 0 Å². The molecule has 0 atom stereocenters. The minimum atomic E-state index is -0.175. The monoisotopic (exact) mass is 271 g/mol. The molecule has 4 nitrogen and oxygen atoms in total. The fraction of sp³-hybridized carbons (Fsp3) is 0. The van der Waals surface area contributed by atoms with Gasteiger partial charge >= 0.3 is 0 Å². The van der Waals surface area contributed by atoms with E-state index in [2.05, 4.69) is 10.4 Å². The maximum absolute atomic E-state index is 12.1. The summed E-state index contributed by atoms with van der Waals surface area (Å²) >= 11 is 5.87. The van der Waals surface area contributed by atoms with E-state index in [1.165, 1.54) is 0 Å². The second-order valence-electron chi connectivity index (χ2n) is 4.08. The lowest BCUT2D eigenvalue weighted by Gasteiger charge is -2.05. The molecule has 0 radical (unpaired) electrons. The molecule has 0 aliphatic heterocycles. The first kappa shape index (κ1) is 11.7. The molecule has 0 unspecified atom stereocenters. The molecule has 3 aromatic rings. The van der Waals surface area contributed by atoms with E-state index in [4.69, 9.17) is 11.6 Å². The molecule has 0 saturated heterocycles. The van der Waals surface area contributed by atoms with Gasteiger partial charge in [-0.25, -0.2) is 4.52 Å². The van der Waals surface area contributed by atoms with Crippen molar-refractivity contribution >= 4 is 28.7 Å². The van der Waals surface area contributed by atoms with Crippen molar-refractivity contribution in [3.05, 3.63) is 65.4 Å². The van der Waals surface area contributed by atoms with Crippen LogP contribution >= 0.6 is 11.6 Å². The highest BCUT2D eigenvalue weighted by Gasteiger charge is 2.07. The number of amides is 1. The Kier molecular flexibility index (Phi) is 2.93. The number of carbonyl (C=O) groups excluding carboxylic acids is 1. The number of hydrogen-bond donors (Lipinski definition) is 1. The molecule has 1 amide bonds. The molecule has 3 rings (SSSR count). The zero-order chi connectivity index (χ0) is 13.2. The topological polar surface area (TPSA) is 46.4 Å². The van der Waals surface area contributed by atoms with Gasteiger partial charge in [0.2, 0.25) is 0 Å². The summed E-state index contributed by atoms with van der Waals surface area (Å²) in [7, 11) is 0. The summed E-state index contributed by atoms with van der Waals surface area (Å²) < 4.78 is 1.70. The van der Waals surface area contributed by atoms with Gasteiger partial charge in [0, 0.05) is 28.7 Å². The first-order chi connectivity index (χ1) is 9.22. The van der Waals surface area contributed by atoms with Gasteiger partial charge in [-0.1, -0.05) is 17.7 Å². The van der Waals surface area contributed by atoms with Crippen LogP contribution in [0.1, 0.15) is 10.4 Å². The third-order valence-corrected chi connectivity index (χ3v) is 2.98. The molecule has 0 aliphatic rings. The number of anilines is 1. The Balaban J connectivity index is 1.87. The summed E-state index contributed by atoms with van der Waals surface area (Å²) in [5.41, 5.74) is 2.12. The Morgan fingerprint density at radius 2 is 2.11 bits per heavy atom. The first-order valence-electron chi connectivity index (χ1n) is 5.73. The van der Waals surface area contributed by atoms with Gasteiger partial charge in [-0.2, -0.15) is 5.10 Å². The zero-order valence-corrected chi connectivity index (χ0v) is 10.6. The lowest BCUT2D eigenvalue weighted by molar-refractivity contribution is 0.102. The van der Waals surface area contributed by atoms with Gasteiger partial charge in [-0.15, -0.1) is 0 Å². The Morgan fingerprint density at radius 1 is 1.21 bits per heavy atom. The summed E-state index contributed by atoms with van der Waals surface area (Å²) in [6.45, 7) is 0. The second kappa shape index (κ2) is 4.74. The van der Waals surface area contributed by atoms with Crippen molar-refractivity contribution in [2.24, 2.45) is 0 Å². The van der Waals surface area contributed by atoms with Crippen molar-refractivity contribution in [2.45, 2.75) is 0 Å². The number of hydrogen-bond acceptors (Lipinski definition) is 2. The molecule has 5 heteroatoms. The van der Waals surface area contributed by atoms with Gasteiger partial charge in [0.1, 0.15) is 0 Å². The van der Waals surface area contributed by atoms with Crippen molar-refractivity contribution in [1.29, 1.82) is 0 Å². The van der Waals surface area contributed by atoms with E-state index in [9.17, 15) is 4.79 Å². The predicted molar refractivity (Wildman–Crippen MR) is 74.6 cm³/mol. The van der Waals surface area contributed by atoms with Gasteiger partial charge in [0.15, 0.2) is 0 Å². The van der Waals surface area contributed by atoms with Crippen molar-refractivity contribution in [3.63, 3.8) is 0 Å². The van der Waals surface area contributed by atoms with Crippen molar-refractivity contribution in [2.75, 3.05) is 5.32 Å². The van der Waals surface area contributed by atoms with Crippen LogP contribution in [0.25, 0.3) is 5.52 Å². The number of fused-ring (bicyclic) bond motifs is 1. The van der Waals surface area contributed by atoms with Crippen LogP contribution < -0.4 is 5.32 Å². The fourth-order valence-corrected chi connectivity index (χ4v) is 2.02. The highest BCUT2D eigenvalue weighted by atomic mass is 35.5. The van der Waals surface area contributed by atoms with Gasteiger partial charge in [0.05, 0.1) is 5.52 Å². The van der Waals surface area contributed by atoms with E-state index in [0.717, 1.165) is 5.52 Å². The highest BCUT2D eigenvalue weighted by Crippen LogP contribution is 2.16. The molecule has 2 heterocycles. The van der Waals surface area contributed by atoms with Crippen LogP contribution in [0.2, 0.25) is 5.02 Å². The molecule has 19 heavy (non-hydrogen) atoms. The lowest BCUT2D eigenvalue weighted by atomic mass is 10.2. The minimum Gasteiger partial charge on any atom is -0.322 e. The number of benzene rings is 1. The van der Waals surface area contributed by atoms with Crippen molar-refractivity contribution in [1.82, 2.24) is 9.61 Å². The Labute approximate surface area is 114 Å². The number of halogens is 1.